The number of nitrogens with zero attached hydrogens (tertiary/aromatic N) is 5. The summed E-state index contributed by atoms with van der Waals surface area (Å²) in [5.74, 6) is 2.93. The van der Waals surface area contributed by atoms with Gasteiger partial charge in [0.25, 0.3) is 0 Å². The summed E-state index contributed by atoms with van der Waals surface area (Å²) in [5, 5.41) is 12.1. The van der Waals surface area contributed by atoms with Gasteiger partial charge >= 0.3 is 0 Å². The summed E-state index contributed by atoms with van der Waals surface area (Å²) >= 11 is 0. The lowest BCUT2D eigenvalue weighted by Gasteiger charge is -2.27. The molecule has 7 heteroatoms. The second-order valence-electron chi connectivity index (χ2n) is 7.82. The minimum Gasteiger partial charge on any atom is -0.353 e. The molecule has 1 saturated carbocycles. The molecule has 0 spiro atoms. The van der Waals surface area contributed by atoms with Gasteiger partial charge in [-0.1, -0.05) is 26.7 Å². The Balaban J connectivity index is 0.00000225. The van der Waals surface area contributed by atoms with Crippen molar-refractivity contribution < 1.29 is 0 Å². The predicted octanol–water partition coefficient (Wildman–Crippen LogP) is 3.25. The molecule has 0 aromatic carbocycles. The Kier molecular flexibility index (Phi) is 7.10. The lowest BCUT2D eigenvalue weighted by molar-refractivity contribution is 0.320. The summed E-state index contributed by atoms with van der Waals surface area (Å²) in [6.07, 6.45) is 7.67. The highest BCUT2D eigenvalue weighted by molar-refractivity contribution is 14.0. The molecule has 2 fully saturated rings. The zero-order valence-electron chi connectivity index (χ0n) is 16.1. The predicted molar refractivity (Wildman–Crippen MR) is 112 cm³/mol. The van der Waals surface area contributed by atoms with Crippen molar-refractivity contribution >= 4 is 29.9 Å². The second kappa shape index (κ2) is 8.68. The Bertz CT molecular complexity index is 592. The second-order valence-corrected chi connectivity index (χ2v) is 7.82. The minimum absolute atomic E-state index is 0. The lowest BCUT2D eigenvalue weighted by Crippen LogP contribution is -2.45. The number of hydrogen-bond acceptors (Lipinski definition) is 3. The first-order valence-corrected chi connectivity index (χ1v) is 9.41. The highest BCUT2D eigenvalue weighted by atomic mass is 127. The van der Waals surface area contributed by atoms with Gasteiger partial charge in [-0.05, 0) is 38.0 Å². The van der Waals surface area contributed by atoms with Crippen LogP contribution in [0.3, 0.4) is 0 Å². The van der Waals surface area contributed by atoms with Crippen LogP contribution in [0.1, 0.15) is 64.0 Å². The normalized spacial score (nSPS) is 24.6. The number of hydrogen-bond donors (Lipinski definition) is 1. The maximum atomic E-state index is 4.92. The Morgan fingerprint density at radius 1 is 1.32 bits per heavy atom. The third kappa shape index (κ3) is 4.86. The molecule has 1 aromatic heterocycles. The van der Waals surface area contributed by atoms with Gasteiger partial charge in [0.1, 0.15) is 12.4 Å². The molecule has 1 atom stereocenters. The van der Waals surface area contributed by atoms with Crippen molar-refractivity contribution in [1.29, 1.82) is 0 Å². The van der Waals surface area contributed by atoms with Gasteiger partial charge in [0, 0.05) is 26.2 Å². The number of guanidine groups is 1. The monoisotopic (exact) mass is 460 g/mol. The van der Waals surface area contributed by atoms with Crippen LogP contribution in [0.25, 0.3) is 0 Å². The Morgan fingerprint density at radius 2 is 2.04 bits per heavy atom. The Labute approximate surface area is 168 Å². The van der Waals surface area contributed by atoms with Gasteiger partial charge in [0.05, 0.1) is 0 Å². The largest absolute Gasteiger partial charge is 0.353 e. The van der Waals surface area contributed by atoms with E-state index in [2.05, 4.69) is 34.3 Å². The van der Waals surface area contributed by atoms with Crippen LogP contribution in [0.5, 0.6) is 0 Å². The third-order valence-electron chi connectivity index (χ3n) is 5.95. The van der Waals surface area contributed by atoms with Crippen LogP contribution in [0.2, 0.25) is 0 Å². The first-order valence-electron chi connectivity index (χ1n) is 9.41. The van der Waals surface area contributed by atoms with Crippen molar-refractivity contribution in [3.05, 3.63) is 11.6 Å². The SMILES string of the molecule is CCC1(C)CCN(C(=NCc2nnc(C)n2C)NC2CCCC2)C1.I. The van der Waals surface area contributed by atoms with E-state index >= 15 is 0 Å². The zero-order valence-corrected chi connectivity index (χ0v) is 18.4. The average molecular weight is 460 g/mol. The molecule has 0 radical (unpaired) electrons. The van der Waals surface area contributed by atoms with Gasteiger partial charge in [-0.15, -0.1) is 34.2 Å². The zero-order chi connectivity index (χ0) is 17.2. The van der Waals surface area contributed by atoms with Crippen LogP contribution in [-0.2, 0) is 13.6 Å². The fraction of sp³-hybridized carbons (Fsp3) is 0.833. The fourth-order valence-corrected chi connectivity index (χ4v) is 3.72. The average Bonchev–Trinajstić information content (AvgIpc) is 3.29. The molecule has 25 heavy (non-hydrogen) atoms. The molecule has 1 aromatic rings. The van der Waals surface area contributed by atoms with Gasteiger partial charge < -0.3 is 14.8 Å². The van der Waals surface area contributed by atoms with E-state index in [1.54, 1.807) is 0 Å². The molecule has 2 aliphatic rings. The highest BCUT2D eigenvalue weighted by Gasteiger charge is 2.34. The summed E-state index contributed by atoms with van der Waals surface area (Å²) in [4.78, 5) is 7.37. The summed E-state index contributed by atoms with van der Waals surface area (Å²) in [6.45, 7) is 9.46. The Morgan fingerprint density at radius 3 is 2.60 bits per heavy atom. The number of aromatic nitrogens is 3. The summed E-state index contributed by atoms with van der Waals surface area (Å²) in [6, 6.07) is 0.582. The van der Waals surface area contributed by atoms with Crippen molar-refractivity contribution in [2.45, 2.75) is 71.9 Å². The van der Waals surface area contributed by atoms with Crippen molar-refractivity contribution in [1.82, 2.24) is 25.0 Å². The summed E-state index contributed by atoms with van der Waals surface area (Å²) < 4.78 is 2.02. The summed E-state index contributed by atoms with van der Waals surface area (Å²) in [7, 11) is 2.01. The highest BCUT2D eigenvalue weighted by Crippen LogP contribution is 2.33. The van der Waals surface area contributed by atoms with Crippen molar-refractivity contribution in [2.24, 2.45) is 17.5 Å². The van der Waals surface area contributed by atoms with Crippen LogP contribution in [0.15, 0.2) is 4.99 Å². The quantitative estimate of drug-likeness (QED) is 0.426. The fourth-order valence-electron chi connectivity index (χ4n) is 3.72. The maximum Gasteiger partial charge on any atom is 0.194 e. The molecule has 3 rings (SSSR count). The van der Waals surface area contributed by atoms with Gasteiger partial charge in [-0.3, -0.25) is 0 Å². The molecule has 0 bridgehead atoms. The van der Waals surface area contributed by atoms with E-state index in [1.165, 1.54) is 38.5 Å². The number of nitrogens with one attached hydrogen (secondary N) is 1. The standard InChI is InChI=1S/C18H32N6.HI/c1-5-18(3)10-11-24(13-18)17(20-15-8-6-7-9-15)19-12-16-22-21-14(2)23(16)4;/h15H,5-13H2,1-4H3,(H,19,20);1H. The molecule has 1 aliphatic carbocycles. The summed E-state index contributed by atoms with van der Waals surface area (Å²) in [5.41, 5.74) is 0.416. The molecule has 1 aliphatic heterocycles. The number of likely N-dealkylation sites (tertiary alicyclic amines) is 1. The van der Waals surface area contributed by atoms with Crippen LogP contribution < -0.4 is 5.32 Å². The molecule has 1 unspecified atom stereocenters. The van der Waals surface area contributed by atoms with Crippen LogP contribution >= 0.6 is 24.0 Å². The number of halogens is 1. The number of aliphatic imine (C=N–C) groups is 1. The number of aryl methyl sites for hydroxylation is 1. The third-order valence-corrected chi connectivity index (χ3v) is 5.95. The Hall–Kier alpha value is -0.860. The topological polar surface area (TPSA) is 58.3 Å². The van der Waals surface area contributed by atoms with E-state index < -0.39 is 0 Å². The molecule has 1 N–H and O–H groups in total. The lowest BCUT2D eigenvalue weighted by atomic mass is 9.87. The molecule has 0 amide bonds. The number of rotatable bonds is 4. The molecule has 142 valence electrons. The van der Waals surface area contributed by atoms with Gasteiger partial charge in [0.2, 0.25) is 0 Å². The van der Waals surface area contributed by atoms with Crippen LogP contribution in [0, 0.1) is 12.3 Å². The first kappa shape index (κ1) is 20.5. The van der Waals surface area contributed by atoms with E-state index in [0.29, 0.717) is 18.0 Å². The smallest absolute Gasteiger partial charge is 0.194 e. The van der Waals surface area contributed by atoms with Crippen LogP contribution in [0.4, 0.5) is 0 Å². The van der Waals surface area contributed by atoms with E-state index in [0.717, 1.165) is 30.7 Å². The van der Waals surface area contributed by atoms with Crippen molar-refractivity contribution in [3.8, 4) is 0 Å². The van der Waals surface area contributed by atoms with E-state index in [9.17, 15) is 0 Å². The van der Waals surface area contributed by atoms with Gasteiger partial charge in [-0.2, -0.15) is 0 Å². The van der Waals surface area contributed by atoms with Gasteiger partial charge in [0.15, 0.2) is 11.8 Å². The van der Waals surface area contributed by atoms with Gasteiger partial charge in [-0.25, -0.2) is 4.99 Å². The first-order chi connectivity index (χ1) is 11.5. The van der Waals surface area contributed by atoms with E-state index in [-0.39, 0.29) is 24.0 Å². The van der Waals surface area contributed by atoms with Crippen molar-refractivity contribution in [2.75, 3.05) is 13.1 Å². The minimum atomic E-state index is 0. The van der Waals surface area contributed by atoms with E-state index in [4.69, 9.17) is 4.99 Å². The molecule has 1 saturated heterocycles. The molecular formula is C18H33IN6. The molecule has 2 heterocycles. The molecule has 6 nitrogen and oxygen atoms in total. The van der Waals surface area contributed by atoms with E-state index in [1.807, 2.05) is 18.5 Å². The molecular weight excluding hydrogens is 427 g/mol. The maximum absolute atomic E-state index is 4.92. The van der Waals surface area contributed by atoms with Crippen molar-refractivity contribution in [3.63, 3.8) is 0 Å². The van der Waals surface area contributed by atoms with Crippen LogP contribution in [-0.4, -0.2) is 44.8 Å².